The second-order valence-corrected chi connectivity index (χ2v) is 7.87. The van der Waals surface area contributed by atoms with Crippen LogP contribution in [0.25, 0.3) is 16.2 Å². The van der Waals surface area contributed by atoms with Crippen molar-refractivity contribution in [2.75, 3.05) is 0 Å². The summed E-state index contributed by atoms with van der Waals surface area (Å²) >= 11 is 1.60. The van der Waals surface area contributed by atoms with Gasteiger partial charge in [-0.3, -0.25) is 14.7 Å². The maximum atomic E-state index is 12.5. The van der Waals surface area contributed by atoms with Crippen molar-refractivity contribution in [3.8, 4) is 10.6 Å². The zero-order chi connectivity index (χ0) is 18.1. The Labute approximate surface area is 155 Å². The average molecular weight is 370 g/mol. The van der Waals surface area contributed by atoms with E-state index in [1.165, 1.54) is 17.0 Å². The molecular formula is C19H22N4O2S. The van der Waals surface area contributed by atoms with Crippen molar-refractivity contribution in [2.45, 2.75) is 45.1 Å². The highest BCUT2D eigenvalue weighted by molar-refractivity contribution is 7.13. The van der Waals surface area contributed by atoms with E-state index in [0.717, 1.165) is 36.3 Å². The molecule has 0 aliphatic heterocycles. The number of fused-ring (bicyclic) bond motifs is 1. The summed E-state index contributed by atoms with van der Waals surface area (Å²) in [6.45, 7) is 1.88. The van der Waals surface area contributed by atoms with Crippen LogP contribution in [0.1, 0.15) is 50.8 Å². The summed E-state index contributed by atoms with van der Waals surface area (Å²) < 4.78 is 1.44. The van der Waals surface area contributed by atoms with Gasteiger partial charge in [0.1, 0.15) is 0 Å². The van der Waals surface area contributed by atoms with E-state index in [9.17, 15) is 9.59 Å². The van der Waals surface area contributed by atoms with E-state index in [4.69, 9.17) is 0 Å². The van der Waals surface area contributed by atoms with Gasteiger partial charge in [-0.2, -0.15) is 0 Å². The standard InChI is InChI=1S/C19H22N4O2S/c1-12(20-19(25)13-6-3-2-4-7-13)14-11-18(24)23-17(21-14)10-15(22-23)16-8-5-9-26-16/h5,8-13,22H,2-4,6-7H2,1H3,(H,20,25)/t12-/m0/s1. The minimum atomic E-state index is -0.290. The largest absolute Gasteiger partial charge is 0.348 e. The molecule has 1 amide bonds. The van der Waals surface area contributed by atoms with Gasteiger partial charge in [0.2, 0.25) is 5.91 Å². The average Bonchev–Trinajstić information content (AvgIpc) is 3.31. The monoisotopic (exact) mass is 370 g/mol. The Hall–Kier alpha value is -2.41. The van der Waals surface area contributed by atoms with Gasteiger partial charge in [-0.25, -0.2) is 9.50 Å². The third-order valence-electron chi connectivity index (χ3n) is 5.04. The van der Waals surface area contributed by atoms with Gasteiger partial charge in [0.05, 0.1) is 22.3 Å². The number of nitrogens with one attached hydrogen (secondary N) is 2. The first-order chi connectivity index (χ1) is 12.6. The molecule has 2 N–H and O–H groups in total. The highest BCUT2D eigenvalue weighted by Gasteiger charge is 2.23. The molecule has 3 aromatic heterocycles. The fourth-order valence-electron chi connectivity index (χ4n) is 3.56. The van der Waals surface area contributed by atoms with E-state index in [1.807, 2.05) is 30.5 Å². The molecule has 1 aliphatic rings. The molecule has 1 atom stereocenters. The van der Waals surface area contributed by atoms with Crippen LogP contribution >= 0.6 is 11.3 Å². The van der Waals surface area contributed by atoms with E-state index >= 15 is 0 Å². The fourth-order valence-corrected chi connectivity index (χ4v) is 4.25. The number of amides is 1. The Balaban J connectivity index is 1.58. The Morgan fingerprint density at radius 2 is 2.15 bits per heavy atom. The molecule has 0 saturated heterocycles. The molecule has 6 nitrogen and oxygen atoms in total. The first kappa shape index (κ1) is 17.0. The number of hydrogen-bond acceptors (Lipinski definition) is 4. The molecular weight excluding hydrogens is 348 g/mol. The lowest BCUT2D eigenvalue weighted by Crippen LogP contribution is -2.34. The summed E-state index contributed by atoms with van der Waals surface area (Å²) in [6.07, 6.45) is 5.36. The minimum absolute atomic E-state index is 0.0764. The van der Waals surface area contributed by atoms with Gasteiger partial charge in [0.15, 0.2) is 5.65 Å². The summed E-state index contributed by atoms with van der Waals surface area (Å²) in [5.41, 5.74) is 1.85. The van der Waals surface area contributed by atoms with E-state index in [2.05, 4.69) is 15.4 Å². The maximum Gasteiger partial charge on any atom is 0.272 e. The van der Waals surface area contributed by atoms with Crippen molar-refractivity contribution in [3.05, 3.63) is 45.7 Å². The number of hydrogen-bond donors (Lipinski definition) is 2. The quantitative estimate of drug-likeness (QED) is 0.738. The SMILES string of the molecule is C[C@H](NC(=O)C1CCCCC1)c1cc(=O)n2[nH]c(-c3cccs3)cc2n1. The Kier molecular flexibility index (Phi) is 4.63. The summed E-state index contributed by atoms with van der Waals surface area (Å²) in [5, 5.41) is 8.12. The number of thiophene rings is 1. The van der Waals surface area contributed by atoms with Crippen LogP contribution in [-0.4, -0.2) is 20.5 Å². The Morgan fingerprint density at radius 1 is 1.35 bits per heavy atom. The van der Waals surface area contributed by atoms with E-state index in [1.54, 1.807) is 11.3 Å². The van der Waals surface area contributed by atoms with Gasteiger partial charge >= 0.3 is 0 Å². The third-order valence-corrected chi connectivity index (χ3v) is 5.94. The topological polar surface area (TPSA) is 79.3 Å². The van der Waals surface area contributed by atoms with Crippen molar-refractivity contribution in [1.82, 2.24) is 19.9 Å². The summed E-state index contributed by atoms with van der Waals surface area (Å²) in [6, 6.07) is 7.03. The number of carbonyl (C=O) groups is 1. The van der Waals surface area contributed by atoms with E-state index < -0.39 is 0 Å². The highest BCUT2D eigenvalue weighted by Crippen LogP contribution is 2.25. The third kappa shape index (κ3) is 3.31. The van der Waals surface area contributed by atoms with Crippen LogP contribution in [0.5, 0.6) is 0 Å². The Bertz CT molecular complexity index is 967. The molecule has 0 radical (unpaired) electrons. The summed E-state index contributed by atoms with van der Waals surface area (Å²) in [5.74, 6) is 0.168. The molecule has 3 aromatic rings. The molecule has 1 saturated carbocycles. The number of rotatable bonds is 4. The van der Waals surface area contributed by atoms with Crippen molar-refractivity contribution in [3.63, 3.8) is 0 Å². The second-order valence-electron chi connectivity index (χ2n) is 6.93. The molecule has 26 heavy (non-hydrogen) atoms. The fraction of sp³-hybridized carbons (Fsp3) is 0.421. The minimum Gasteiger partial charge on any atom is -0.348 e. The van der Waals surface area contributed by atoms with Gasteiger partial charge in [-0.15, -0.1) is 11.3 Å². The van der Waals surface area contributed by atoms with Crippen LogP contribution in [0, 0.1) is 5.92 Å². The highest BCUT2D eigenvalue weighted by atomic mass is 32.1. The summed E-state index contributed by atoms with van der Waals surface area (Å²) in [4.78, 5) is 30.6. The van der Waals surface area contributed by atoms with Crippen LogP contribution in [-0.2, 0) is 4.79 Å². The number of aromatic amines is 1. The summed E-state index contributed by atoms with van der Waals surface area (Å²) in [7, 11) is 0. The van der Waals surface area contributed by atoms with Crippen LogP contribution in [0.15, 0.2) is 34.4 Å². The molecule has 0 spiro atoms. The van der Waals surface area contributed by atoms with Crippen LogP contribution in [0.2, 0.25) is 0 Å². The molecule has 3 heterocycles. The molecule has 0 bridgehead atoms. The van der Waals surface area contributed by atoms with Crippen molar-refractivity contribution < 1.29 is 4.79 Å². The molecule has 0 unspecified atom stereocenters. The first-order valence-electron chi connectivity index (χ1n) is 9.09. The molecule has 1 aliphatic carbocycles. The smallest absolute Gasteiger partial charge is 0.272 e. The molecule has 0 aromatic carbocycles. The Morgan fingerprint density at radius 3 is 2.88 bits per heavy atom. The van der Waals surface area contributed by atoms with Crippen LogP contribution in [0.3, 0.4) is 0 Å². The van der Waals surface area contributed by atoms with Gasteiger partial charge in [0.25, 0.3) is 5.56 Å². The van der Waals surface area contributed by atoms with Crippen molar-refractivity contribution in [2.24, 2.45) is 5.92 Å². The van der Waals surface area contributed by atoms with Gasteiger partial charge in [-0.1, -0.05) is 25.3 Å². The zero-order valence-corrected chi connectivity index (χ0v) is 15.5. The molecule has 4 rings (SSSR count). The van der Waals surface area contributed by atoms with Gasteiger partial charge in [0, 0.05) is 18.1 Å². The van der Waals surface area contributed by atoms with Gasteiger partial charge in [-0.05, 0) is 31.2 Å². The molecule has 7 heteroatoms. The van der Waals surface area contributed by atoms with Gasteiger partial charge < -0.3 is 5.32 Å². The lowest BCUT2D eigenvalue weighted by atomic mass is 9.88. The normalized spacial score (nSPS) is 16.7. The lowest BCUT2D eigenvalue weighted by Gasteiger charge is -2.23. The molecule has 136 valence electrons. The van der Waals surface area contributed by atoms with Crippen molar-refractivity contribution in [1.29, 1.82) is 0 Å². The van der Waals surface area contributed by atoms with Crippen LogP contribution in [0.4, 0.5) is 0 Å². The second kappa shape index (κ2) is 7.07. The number of aromatic nitrogens is 3. The lowest BCUT2D eigenvalue weighted by molar-refractivity contribution is -0.126. The predicted octanol–water partition coefficient (Wildman–Crippen LogP) is 3.51. The number of carbonyl (C=O) groups excluding carboxylic acids is 1. The number of nitrogens with zero attached hydrogens (tertiary/aromatic N) is 2. The zero-order valence-electron chi connectivity index (χ0n) is 14.7. The maximum absolute atomic E-state index is 12.5. The first-order valence-corrected chi connectivity index (χ1v) is 9.97. The van der Waals surface area contributed by atoms with E-state index in [-0.39, 0.29) is 23.4 Å². The van der Waals surface area contributed by atoms with Crippen LogP contribution < -0.4 is 10.9 Å². The predicted molar refractivity (Wildman–Crippen MR) is 102 cm³/mol. The van der Waals surface area contributed by atoms with E-state index in [0.29, 0.717) is 11.3 Å². The van der Waals surface area contributed by atoms with Crippen molar-refractivity contribution >= 4 is 22.9 Å². The molecule has 1 fully saturated rings. The number of H-pyrrole nitrogens is 1.